The van der Waals surface area contributed by atoms with Gasteiger partial charge in [-0.05, 0) is 6.42 Å². The Morgan fingerprint density at radius 2 is 1.72 bits per heavy atom. The zero-order valence-electron chi connectivity index (χ0n) is 10.3. The number of ether oxygens (including phenoxy) is 2. The van der Waals surface area contributed by atoms with Gasteiger partial charge in [-0.15, -0.1) is 0 Å². The first-order valence-corrected chi connectivity index (χ1v) is 5.84. The lowest BCUT2D eigenvalue weighted by atomic mass is 10.0. The molecule has 0 spiro atoms. The molecule has 110 valence electrons. The average molecular weight is 268 g/mol. The van der Waals surface area contributed by atoms with Crippen LogP contribution in [0, 0.1) is 0 Å². The van der Waals surface area contributed by atoms with Crippen LogP contribution in [-0.4, -0.2) is 77.9 Å². The van der Waals surface area contributed by atoms with E-state index in [0.29, 0.717) is 13.2 Å². The van der Waals surface area contributed by atoms with Crippen LogP contribution in [0.1, 0.15) is 6.42 Å². The summed E-state index contributed by atoms with van der Waals surface area (Å²) in [4.78, 5) is 0. The Balaban J connectivity index is 3.83. The molecule has 4 unspecified atom stereocenters. The van der Waals surface area contributed by atoms with Gasteiger partial charge in [0, 0.05) is 13.2 Å². The monoisotopic (exact) mass is 268 g/mol. The Kier molecular flexibility index (Phi) is 10.4. The van der Waals surface area contributed by atoms with Gasteiger partial charge in [0.25, 0.3) is 0 Å². The van der Waals surface area contributed by atoms with E-state index in [1.54, 1.807) is 0 Å². The second-order valence-corrected chi connectivity index (χ2v) is 3.81. The number of hydrogen-bond acceptors (Lipinski definition) is 8. The van der Waals surface area contributed by atoms with Gasteiger partial charge >= 0.3 is 0 Å². The van der Waals surface area contributed by atoms with Gasteiger partial charge in [-0.25, -0.2) is 0 Å². The van der Waals surface area contributed by atoms with Crippen molar-refractivity contribution in [3.05, 3.63) is 0 Å². The minimum Gasteiger partial charge on any atom is -0.396 e. The third kappa shape index (κ3) is 7.19. The topological polar surface area (TPSA) is 151 Å². The van der Waals surface area contributed by atoms with Crippen LogP contribution in [0.4, 0.5) is 0 Å². The quantitative estimate of drug-likeness (QED) is 0.169. The van der Waals surface area contributed by atoms with Gasteiger partial charge in [-0.3, -0.25) is 0 Å². The fourth-order valence-electron chi connectivity index (χ4n) is 1.25. The molecule has 0 aromatic carbocycles. The smallest absolute Gasteiger partial charge is 0.172 e. The molecular weight excluding hydrogens is 244 g/mol. The molecule has 0 radical (unpaired) electrons. The molecular formula is C10H24N2O6. The van der Waals surface area contributed by atoms with Crippen molar-refractivity contribution < 1.29 is 29.9 Å². The molecule has 0 aromatic rings. The minimum absolute atomic E-state index is 0.0266. The number of aliphatic hydroxyl groups excluding tert-OH is 4. The summed E-state index contributed by atoms with van der Waals surface area (Å²) in [5.41, 5.74) is 10.7. The molecule has 0 bridgehead atoms. The third-order valence-corrected chi connectivity index (χ3v) is 2.32. The van der Waals surface area contributed by atoms with Crippen LogP contribution in [0.5, 0.6) is 0 Å². The van der Waals surface area contributed by atoms with Crippen LogP contribution in [0.25, 0.3) is 0 Å². The van der Waals surface area contributed by atoms with Gasteiger partial charge < -0.3 is 41.4 Å². The van der Waals surface area contributed by atoms with Crippen molar-refractivity contribution >= 4 is 0 Å². The summed E-state index contributed by atoms with van der Waals surface area (Å²) >= 11 is 0. The summed E-state index contributed by atoms with van der Waals surface area (Å²) in [6, 6.07) is -1.17. The maximum absolute atomic E-state index is 9.55. The summed E-state index contributed by atoms with van der Waals surface area (Å²) < 4.78 is 9.94. The molecule has 0 aliphatic heterocycles. The summed E-state index contributed by atoms with van der Waals surface area (Å²) in [6.07, 6.45) is -4.04. The Hall–Kier alpha value is -0.320. The molecule has 0 aromatic heterocycles. The van der Waals surface area contributed by atoms with Gasteiger partial charge in [0.1, 0.15) is 0 Å². The van der Waals surface area contributed by atoms with E-state index >= 15 is 0 Å². The van der Waals surface area contributed by atoms with Crippen molar-refractivity contribution in [3.63, 3.8) is 0 Å². The standard InChI is InChI=1S/C10H24N2O6/c11-2-4-17-5-6-18-10(16)8(12)9(15)7(14)1-3-13/h7-10,13-16H,1-6,11-12H2. The van der Waals surface area contributed by atoms with Gasteiger partial charge in [0.2, 0.25) is 0 Å². The Labute approximate surface area is 106 Å². The van der Waals surface area contributed by atoms with E-state index < -0.39 is 24.5 Å². The Bertz CT molecular complexity index is 197. The summed E-state index contributed by atoms with van der Waals surface area (Å²) in [6.45, 7) is 0.847. The zero-order valence-corrected chi connectivity index (χ0v) is 10.3. The van der Waals surface area contributed by atoms with Crippen LogP contribution in [0.15, 0.2) is 0 Å². The molecule has 0 aliphatic rings. The molecule has 8 heteroatoms. The molecule has 0 amide bonds. The second-order valence-electron chi connectivity index (χ2n) is 3.81. The van der Waals surface area contributed by atoms with Crippen LogP contribution < -0.4 is 11.5 Å². The Morgan fingerprint density at radius 3 is 2.28 bits per heavy atom. The predicted molar refractivity (Wildman–Crippen MR) is 63.5 cm³/mol. The lowest BCUT2D eigenvalue weighted by Gasteiger charge is -2.27. The normalized spacial score (nSPS) is 18.3. The first-order chi connectivity index (χ1) is 8.54. The highest BCUT2D eigenvalue weighted by molar-refractivity contribution is 4.80. The SMILES string of the molecule is NCCOCCOC(O)C(N)C(O)C(O)CCO. The third-order valence-electron chi connectivity index (χ3n) is 2.32. The van der Waals surface area contributed by atoms with Crippen molar-refractivity contribution in [2.45, 2.75) is 31.0 Å². The molecule has 4 atom stereocenters. The van der Waals surface area contributed by atoms with Crippen LogP contribution in [0.2, 0.25) is 0 Å². The molecule has 8 nitrogen and oxygen atoms in total. The number of aliphatic hydroxyl groups is 4. The van der Waals surface area contributed by atoms with Crippen LogP contribution in [-0.2, 0) is 9.47 Å². The molecule has 0 rings (SSSR count). The first-order valence-electron chi connectivity index (χ1n) is 5.84. The number of rotatable bonds is 11. The molecule has 0 aliphatic carbocycles. The lowest BCUT2D eigenvalue weighted by molar-refractivity contribution is -0.153. The molecule has 0 heterocycles. The Morgan fingerprint density at radius 1 is 1.06 bits per heavy atom. The maximum Gasteiger partial charge on any atom is 0.172 e. The minimum atomic E-state index is -1.42. The average Bonchev–Trinajstić information content (AvgIpc) is 2.36. The fraction of sp³-hybridized carbons (Fsp3) is 1.00. The van der Waals surface area contributed by atoms with E-state index in [-0.39, 0.29) is 26.2 Å². The van der Waals surface area contributed by atoms with Crippen molar-refractivity contribution in [1.29, 1.82) is 0 Å². The number of hydrogen-bond donors (Lipinski definition) is 6. The van der Waals surface area contributed by atoms with Crippen molar-refractivity contribution in [3.8, 4) is 0 Å². The van der Waals surface area contributed by atoms with E-state index in [1.165, 1.54) is 0 Å². The lowest BCUT2D eigenvalue weighted by Crippen LogP contribution is -2.51. The summed E-state index contributed by atoms with van der Waals surface area (Å²) in [5.74, 6) is 0. The maximum atomic E-state index is 9.55. The highest BCUT2D eigenvalue weighted by Crippen LogP contribution is 2.06. The molecule has 0 saturated heterocycles. The highest BCUT2D eigenvalue weighted by atomic mass is 16.6. The predicted octanol–water partition coefficient (Wildman–Crippen LogP) is -3.27. The number of nitrogens with two attached hydrogens (primary N) is 2. The van der Waals surface area contributed by atoms with Gasteiger partial charge in [-0.2, -0.15) is 0 Å². The summed E-state index contributed by atoms with van der Waals surface area (Å²) in [7, 11) is 0. The molecule has 8 N–H and O–H groups in total. The summed E-state index contributed by atoms with van der Waals surface area (Å²) in [5, 5.41) is 37.0. The first kappa shape index (κ1) is 17.7. The van der Waals surface area contributed by atoms with E-state index in [2.05, 4.69) is 0 Å². The van der Waals surface area contributed by atoms with Gasteiger partial charge in [0.15, 0.2) is 6.29 Å². The van der Waals surface area contributed by atoms with Crippen molar-refractivity contribution in [2.75, 3.05) is 33.0 Å². The van der Waals surface area contributed by atoms with Crippen LogP contribution >= 0.6 is 0 Å². The van der Waals surface area contributed by atoms with Crippen molar-refractivity contribution in [1.82, 2.24) is 0 Å². The van der Waals surface area contributed by atoms with E-state index in [1.807, 2.05) is 0 Å². The van der Waals surface area contributed by atoms with Crippen LogP contribution in [0.3, 0.4) is 0 Å². The van der Waals surface area contributed by atoms with Gasteiger partial charge in [0.05, 0.1) is 38.1 Å². The van der Waals surface area contributed by atoms with E-state index in [0.717, 1.165) is 0 Å². The largest absolute Gasteiger partial charge is 0.396 e. The second kappa shape index (κ2) is 10.6. The van der Waals surface area contributed by atoms with E-state index in [4.69, 9.17) is 26.0 Å². The molecule has 0 fully saturated rings. The molecule has 0 saturated carbocycles. The fourth-order valence-corrected chi connectivity index (χ4v) is 1.25. The zero-order chi connectivity index (χ0) is 14.0. The van der Waals surface area contributed by atoms with E-state index in [9.17, 15) is 15.3 Å². The van der Waals surface area contributed by atoms with Crippen molar-refractivity contribution in [2.24, 2.45) is 11.5 Å². The van der Waals surface area contributed by atoms with Gasteiger partial charge in [-0.1, -0.05) is 0 Å². The molecule has 18 heavy (non-hydrogen) atoms. The highest BCUT2D eigenvalue weighted by Gasteiger charge is 2.29.